The van der Waals surface area contributed by atoms with Crippen LogP contribution >= 0.6 is 0 Å². The molecule has 1 saturated heterocycles. The van der Waals surface area contributed by atoms with Crippen LogP contribution in [0.3, 0.4) is 0 Å². The van der Waals surface area contributed by atoms with Crippen LogP contribution in [-0.4, -0.2) is 33.4 Å². The molecule has 1 atom stereocenters. The van der Waals surface area contributed by atoms with Gasteiger partial charge in [0.15, 0.2) is 0 Å². The predicted molar refractivity (Wildman–Crippen MR) is 83.5 cm³/mol. The van der Waals surface area contributed by atoms with Crippen molar-refractivity contribution in [3.63, 3.8) is 0 Å². The Kier molecular flexibility index (Phi) is 5.23. The SMILES string of the molecule is Cc1ccc(C#CCN)cc1NS(=O)(=O)CC1CCCO1. The van der Waals surface area contributed by atoms with E-state index in [0.717, 1.165) is 24.0 Å². The highest BCUT2D eigenvalue weighted by Gasteiger charge is 2.23. The van der Waals surface area contributed by atoms with E-state index in [1.165, 1.54) is 0 Å². The molecule has 3 N–H and O–H groups in total. The number of rotatable bonds is 4. The second-order valence-corrected chi connectivity index (χ2v) is 6.82. The zero-order valence-electron chi connectivity index (χ0n) is 12.1. The van der Waals surface area contributed by atoms with Gasteiger partial charge in [0.1, 0.15) is 0 Å². The van der Waals surface area contributed by atoms with Crippen molar-refractivity contribution in [3.8, 4) is 11.8 Å². The number of nitrogens with one attached hydrogen (secondary N) is 1. The summed E-state index contributed by atoms with van der Waals surface area (Å²) in [6.45, 7) is 2.77. The van der Waals surface area contributed by atoms with Crippen LogP contribution in [0, 0.1) is 18.8 Å². The molecule has 0 aromatic heterocycles. The molecule has 0 aliphatic carbocycles. The van der Waals surface area contributed by atoms with Gasteiger partial charge in [-0.05, 0) is 37.5 Å². The molecule has 1 aliphatic rings. The molecule has 5 nitrogen and oxygen atoms in total. The first-order valence-electron chi connectivity index (χ1n) is 6.92. The summed E-state index contributed by atoms with van der Waals surface area (Å²) in [5.74, 6) is 5.64. The molecule has 0 saturated carbocycles. The second-order valence-electron chi connectivity index (χ2n) is 5.05. The first-order chi connectivity index (χ1) is 10.00. The van der Waals surface area contributed by atoms with E-state index in [2.05, 4.69) is 16.6 Å². The molecular formula is C15H20N2O3S. The van der Waals surface area contributed by atoms with Gasteiger partial charge < -0.3 is 10.5 Å². The van der Waals surface area contributed by atoms with E-state index in [4.69, 9.17) is 10.5 Å². The van der Waals surface area contributed by atoms with Crippen LogP contribution in [0.15, 0.2) is 18.2 Å². The summed E-state index contributed by atoms with van der Waals surface area (Å²) >= 11 is 0. The van der Waals surface area contributed by atoms with E-state index in [-0.39, 0.29) is 18.4 Å². The van der Waals surface area contributed by atoms with Crippen molar-refractivity contribution in [2.45, 2.75) is 25.9 Å². The van der Waals surface area contributed by atoms with E-state index in [1.54, 1.807) is 6.07 Å². The highest BCUT2D eigenvalue weighted by molar-refractivity contribution is 7.92. The normalized spacial score (nSPS) is 18.1. The Balaban J connectivity index is 2.13. The number of hydrogen-bond donors (Lipinski definition) is 2. The van der Waals surface area contributed by atoms with Crippen LogP contribution in [0.25, 0.3) is 0 Å². The van der Waals surface area contributed by atoms with Gasteiger partial charge in [0.25, 0.3) is 0 Å². The summed E-state index contributed by atoms with van der Waals surface area (Å²) in [6.07, 6.45) is 1.51. The fourth-order valence-corrected chi connectivity index (χ4v) is 3.58. The molecule has 1 heterocycles. The predicted octanol–water partition coefficient (Wildman–Crippen LogP) is 1.23. The zero-order valence-corrected chi connectivity index (χ0v) is 12.9. The fourth-order valence-electron chi connectivity index (χ4n) is 2.19. The molecule has 21 heavy (non-hydrogen) atoms. The van der Waals surface area contributed by atoms with Crippen LogP contribution in [0.1, 0.15) is 24.0 Å². The lowest BCUT2D eigenvalue weighted by molar-refractivity contribution is 0.127. The Morgan fingerprint density at radius 3 is 2.95 bits per heavy atom. The molecule has 0 radical (unpaired) electrons. The average molecular weight is 308 g/mol. The molecule has 1 aromatic carbocycles. The molecule has 2 rings (SSSR count). The first-order valence-corrected chi connectivity index (χ1v) is 8.57. The largest absolute Gasteiger partial charge is 0.377 e. The van der Waals surface area contributed by atoms with Gasteiger partial charge in [-0.1, -0.05) is 17.9 Å². The number of hydrogen-bond acceptors (Lipinski definition) is 4. The van der Waals surface area contributed by atoms with E-state index >= 15 is 0 Å². The maximum absolute atomic E-state index is 12.2. The molecular weight excluding hydrogens is 288 g/mol. The number of ether oxygens (including phenoxy) is 1. The molecule has 114 valence electrons. The number of benzene rings is 1. The first kappa shape index (κ1) is 15.8. The minimum Gasteiger partial charge on any atom is -0.377 e. The molecule has 0 amide bonds. The van der Waals surface area contributed by atoms with E-state index < -0.39 is 10.0 Å². The van der Waals surface area contributed by atoms with Gasteiger partial charge in [-0.2, -0.15) is 0 Å². The van der Waals surface area contributed by atoms with Gasteiger partial charge in [-0.25, -0.2) is 8.42 Å². The standard InChI is InChI=1S/C15H20N2O3S/c1-12-6-7-13(4-2-8-16)10-15(12)17-21(18,19)11-14-5-3-9-20-14/h6-7,10,14,17H,3,5,8-9,11,16H2,1H3. The van der Waals surface area contributed by atoms with Crippen molar-refractivity contribution in [1.29, 1.82) is 0 Å². The number of aryl methyl sites for hydroxylation is 1. The Hall–Kier alpha value is -1.55. The van der Waals surface area contributed by atoms with Crippen LogP contribution in [-0.2, 0) is 14.8 Å². The third kappa shape index (κ3) is 4.74. The van der Waals surface area contributed by atoms with E-state index in [0.29, 0.717) is 12.3 Å². The summed E-state index contributed by atoms with van der Waals surface area (Å²) in [5.41, 5.74) is 7.48. The van der Waals surface area contributed by atoms with Crippen LogP contribution in [0.2, 0.25) is 0 Å². The molecule has 1 unspecified atom stereocenters. The van der Waals surface area contributed by atoms with Gasteiger partial charge in [0.2, 0.25) is 10.0 Å². The van der Waals surface area contributed by atoms with Gasteiger partial charge in [0, 0.05) is 12.2 Å². The summed E-state index contributed by atoms with van der Waals surface area (Å²) in [5, 5.41) is 0. The highest BCUT2D eigenvalue weighted by Crippen LogP contribution is 2.20. The van der Waals surface area contributed by atoms with E-state index in [1.807, 2.05) is 19.1 Å². The third-order valence-electron chi connectivity index (χ3n) is 3.27. The van der Waals surface area contributed by atoms with Crippen LogP contribution in [0.4, 0.5) is 5.69 Å². The zero-order chi connectivity index (χ0) is 15.3. The molecule has 6 heteroatoms. The van der Waals surface area contributed by atoms with Crippen molar-refractivity contribution in [2.24, 2.45) is 5.73 Å². The monoisotopic (exact) mass is 308 g/mol. The van der Waals surface area contributed by atoms with Gasteiger partial charge in [-0.3, -0.25) is 4.72 Å². The molecule has 0 bridgehead atoms. The molecule has 1 fully saturated rings. The topological polar surface area (TPSA) is 81.4 Å². The van der Waals surface area contributed by atoms with Crippen molar-refractivity contribution >= 4 is 15.7 Å². The summed E-state index contributed by atoms with van der Waals surface area (Å²) < 4.78 is 32.4. The van der Waals surface area contributed by atoms with Crippen LogP contribution in [0.5, 0.6) is 0 Å². The maximum Gasteiger partial charge on any atom is 0.235 e. The number of sulfonamides is 1. The number of anilines is 1. The minimum atomic E-state index is -3.43. The minimum absolute atomic E-state index is 0.00878. The van der Waals surface area contributed by atoms with Crippen molar-refractivity contribution < 1.29 is 13.2 Å². The summed E-state index contributed by atoms with van der Waals surface area (Å²) in [4.78, 5) is 0. The maximum atomic E-state index is 12.2. The van der Waals surface area contributed by atoms with Gasteiger partial charge >= 0.3 is 0 Å². The van der Waals surface area contributed by atoms with E-state index in [9.17, 15) is 8.42 Å². The fraction of sp³-hybridized carbons (Fsp3) is 0.467. The molecule has 1 aromatic rings. The number of nitrogens with two attached hydrogens (primary N) is 1. The van der Waals surface area contributed by atoms with Gasteiger partial charge in [0.05, 0.1) is 24.1 Å². The Morgan fingerprint density at radius 2 is 2.29 bits per heavy atom. The lowest BCUT2D eigenvalue weighted by Crippen LogP contribution is -2.26. The third-order valence-corrected chi connectivity index (χ3v) is 4.61. The summed E-state index contributed by atoms with van der Waals surface area (Å²) in [6, 6.07) is 5.41. The summed E-state index contributed by atoms with van der Waals surface area (Å²) in [7, 11) is -3.43. The Labute approximate surface area is 125 Å². The van der Waals surface area contributed by atoms with Crippen LogP contribution < -0.4 is 10.5 Å². The molecule has 0 spiro atoms. The Morgan fingerprint density at radius 1 is 1.48 bits per heavy atom. The average Bonchev–Trinajstić information content (AvgIpc) is 2.91. The lowest BCUT2D eigenvalue weighted by Gasteiger charge is -2.14. The molecule has 1 aliphatic heterocycles. The Bertz CT molecular complexity index is 653. The second kappa shape index (κ2) is 6.94. The smallest absolute Gasteiger partial charge is 0.235 e. The van der Waals surface area contributed by atoms with Crippen molar-refractivity contribution in [2.75, 3.05) is 23.6 Å². The quantitative estimate of drug-likeness (QED) is 0.820. The van der Waals surface area contributed by atoms with Crippen molar-refractivity contribution in [1.82, 2.24) is 0 Å². The van der Waals surface area contributed by atoms with Gasteiger partial charge in [-0.15, -0.1) is 0 Å². The highest BCUT2D eigenvalue weighted by atomic mass is 32.2. The lowest BCUT2D eigenvalue weighted by atomic mass is 10.1. The van der Waals surface area contributed by atoms with Crippen molar-refractivity contribution in [3.05, 3.63) is 29.3 Å².